The molecule has 0 bridgehead atoms. The number of hydrogen-bond acceptors (Lipinski definition) is 3. The van der Waals surface area contributed by atoms with Crippen LogP contribution in [0.5, 0.6) is 0 Å². The van der Waals surface area contributed by atoms with Gasteiger partial charge in [0, 0.05) is 19.0 Å². The van der Waals surface area contributed by atoms with E-state index in [0.717, 1.165) is 31.4 Å². The third-order valence-electron chi connectivity index (χ3n) is 4.44. The molecule has 1 heterocycles. The lowest BCUT2D eigenvalue weighted by Crippen LogP contribution is -2.34. The second-order valence-corrected chi connectivity index (χ2v) is 6.51. The predicted molar refractivity (Wildman–Crippen MR) is 96.8 cm³/mol. The summed E-state index contributed by atoms with van der Waals surface area (Å²) in [6.45, 7) is 1.44. The number of nitrogens with one attached hydrogen (secondary N) is 2. The molecule has 0 unspecified atom stereocenters. The first-order chi connectivity index (χ1) is 12.1. The molecule has 0 spiro atoms. The molecule has 3 rings (SSSR count). The number of amides is 2. The lowest BCUT2D eigenvalue weighted by Gasteiger charge is -2.15. The summed E-state index contributed by atoms with van der Waals surface area (Å²) < 4.78 is 1.59. The molecule has 1 fully saturated rings. The second kappa shape index (κ2) is 7.96. The van der Waals surface area contributed by atoms with Crippen LogP contribution in [0.25, 0.3) is 5.69 Å². The van der Waals surface area contributed by atoms with Gasteiger partial charge in [-0.3, -0.25) is 9.59 Å². The van der Waals surface area contributed by atoms with Crippen molar-refractivity contribution in [1.29, 1.82) is 0 Å². The molecule has 6 nitrogen and oxygen atoms in total. The lowest BCUT2D eigenvalue weighted by molar-refractivity contribution is -0.114. The van der Waals surface area contributed by atoms with Gasteiger partial charge in [-0.1, -0.05) is 43.9 Å². The standard InChI is InChI=1S/C19H24N4O2/c1-14(24)20-18-13-17(22-23(18)16-11-7-4-8-12-16)19(25)21-15-9-5-2-3-6-10-15/h4,7-8,11-13,15H,2-3,5-6,9-10H2,1H3,(H,20,24)(H,21,25). The van der Waals surface area contributed by atoms with Gasteiger partial charge in [-0.15, -0.1) is 0 Å². The van der Waals surface area contributed by atoms with E-state index >= 15 is 0 Å². The largest absolute Gasteiger partial charge is 0.348 e. The number of anilines is 1. The van der Waals surface area contributed by atoms with Gasteiger partial charge >= 0.3 is 0 Å². The first-order valence-corrected chi connectivity index (χ1v) is 8.87. The molecule has 1 aliphatic rings. The predicted octanol–water partition coefficient (Wildman–Crippen LogP) is 3.28. The van der Waals surface area contributed by atoms with Gasteiger partial charge in [-0.25, -0.2) is 4.68 Å². The molecule has 0 aliphatic heterocycles. The zero-order valence-electron chi connectivity index (χ0n) is 14.5. The smallest absolute Gasteiger partial charge is 0.272 e. The molecule has 2 N–H and O–H groups in total. The first-order valence-electron chi connectivity index (χ1n) is 8.87. The molecule has 2 amide bonds. The van der Waals surface area contributed by atoms with Crippen LogP contribution < -0.4 is 10.6 Å². The van der Waals surface area contributed by atoms with Crippen LogP contribution in [0.1, 0.15) is 55.9 Å². The summed E-state index contributed by atoms with van der Waals surface area (Å²) in [4.78, 5) is 24.1. The molecular formula is C19H24N4O2. The highest BCUT2D eigenvalue weighted by molar-refractivity contribution is 5.95. The number of aromatic nitrogens is 2. The summed E-state index contributed by atoms with van der Waals surface area (Å²) in [7, 11) is 0. The molecule has 25 heavy (non-hydrogen) atoms. The molecule has 6 heteroatoms. The first kappa shape index (κ1) is 17.2. The molecule has 0 atom stereocenters. The fraction of sp³-hybridized carbons (Fsp3) is 0.421. The van der Waals surface area contributed by atoms with Gasteiger partial charge in [0.15, 0.2) is 5.69 Å². The highest BCUT2D eigenvalue weighted by Crippen LogP contribution is 2.20. The summed E-state index contributed by atoms with van der Waals surface area (Å²) in [6.07, 6.45) is 6.82. The molecule has 2 aromatic rings. The summed E-state index contributed by atoms with van der Waals surface area (Å²) in [5.41, 5.74) is 1.11. The Morgan fingerprint density at radius 3 is 2.40 bits per heavy atom. The summed E-state index contributed by atoms with van der Waals surface area (Å²) in [5, 5.41) is 10.2. The van der Waals surface area contributed by atoms with E-state index in [4.69, 9.17) is 0 Å². The molecule has 0 saturated heterocycles. The van der Waals surface area contributed by atoms with E-state index in [1.165, 1.54) is 19.8 Å². The Labute approximate surface area is 147 Å². The van der Waals surface area contributed by atoms with Crippen LogP contribution in [0.3, 0.4) is 0 Å². The molecule has 1 aliphatic carbocycles. The Bertz CT molecular complexity index is 731. The highest BCUT2D eigenvalue weighted by Gasteiger charge is 2.20. The number of benzene rings is 1. The zero-order chi connectivity index (χ0) is 17.6. The summed E-state index contributed by atoms with van der Waals surface area (Å²) in [5.74, 6) is 0.103. The Balaban J connectivity index is 1.82. The number of nitrogens with zero attached hydrogens (tertiary/aromatic N) is 2. The van der Waals surface area contributed by atoms with Crippen LogP contribution in [0.4, 0.5) is 5.82 Å². The van der Waals surface area contributed by atoms with E-state index in [1.807, 2.05) is 30.3 Å². The third kappa shape index (κ3) is 4.47. The van der Waals surface area contributed by atoms with Crippen LogP contribution in [-0.2, 0) is 4.79 Å². The number of para-hydroxylation sites is 1. The van der Waals surface area contributed by atoms with Crippen LogP contribution in [0, 0.1) is 0 Å². The minimum Gasteiger partial charge on any atom is -0.348 e. The number of carbonyl (C=O) groups is 2. The molecule has 1 saturated carbocycles. The van der Waals surface area contributed by atoms with Gasteiger partial charge in [-0.05, 0) is 25.0 Å². The molecule has 1 aromatic carbocycles. The fourth-order valence-electron chi connectivity index (χ4n) is 3.21. The van der Waals surface area contributed by atoms with Gasteiger partial charge < -0.3 is 10.6 Å². The number of hydrogen-bond donors (Lipinski definition) is 2. The highest BCUT2D eigenvalue weighted by atomic mass is 16.2. The maximum Gasteiger partial charge on any atom is 0.272 e. The van der Waals surface area contributed by atoms with Crippen LogP contribution in [0.2, 0.25) is 0 Å². The Kier molecular flexibility index (Phi) is 5.48. The van der Waals surface area contributed by atoms with Gasteiger partial charge in [0.05, 0.1) is 5.69 Å². The molecular weight excluding hydrogens is 316 g/mol. The van der Waals surface area contributed by atoms with Crippen LogP contribution >= 0.6 is 0 Å². The van der Waals surface area contributed by atoms with Crippen LogP contribution in [-0.4, -0.2) is 27.6 Å². The van der Waals surface area contributed by atoms with E-state index in [9.17, 15) is 9.59 Å². The zero-order valence-corrected chi connectivity index (χ0v) is 14.5. The Morgan fingerprint density at radius 1 is 1.08 bits per heavy atom. The minimum atomic E-state index is -0.201. The van der Waals surface area contributed by atoms with Gasteiger partial charge in [0.2, 0.25) is 5.91 Å². The van der Waals surface area contributed by atoms with Crippen molar-refractivity contribution in [1.82, 2.24) is 15.1 Å². The Hall–Kier alpha value is -2.63. The van der Waals surface area contributed by atoms with Crippen molar-refractivity contribution < 1.29 is 9.59 Å². The topological polar surface area (TPSA) is 76.0 Å². The van der Waals surface area contributed by atoms with E-state index in [2.05, 4.69) is 15.7 Å². The minimum absolute atomic E-state index is 0.187. The molecule has 132 valence electrons. The number of carbonyl (C=O) groups excluding carboxylic acids is 2. The third-order valence-corrected chi connectivity index (χ3v) is 4.44. The van der Waals surface area contributed by atoms with Crippen molar-refractivity contribution in [2.24, 2.45) is 0 Å². The maximum atomic E-state index is 12.6. The second-order valence-electron chi connectivity index (χ2n) is 6.51. The van der Waals surface area contributed by atoms with E-state index in [1.54, 1.807) is 10.7 Å². The Morgan fingerprint density at radius 2 is 1.76 bits per heavy atom. The summed E-state index contributed by atoms with van der Waals surface area (Å²) in [6, 6.07) is 11.3. The van der Waals surface area contributed by atoms with Crippen molar-refractivity contribution in [3.63, 3.8) is 0 Å². The maximum absolute atomic E-state index is 12.6. The lowest BCUT2D eigenvalue weighted by atomic mass is 10.1. The quantitative estimate of drug-likeness (QED) is 0.839. The number of rotatable bonds is 4. The van der Waals surface area contributed by atoms with Crippen molar-refractivity contribution >= 4 is 17.6 Å². The fourth-order valence-corrected chi connectivity index (χ4v) is 3.21. The normalized spacial score (nSPS) is 15.4. The van der Waals surface area contributed by atoms with E-state index < -0.39 is 0 Å². The molecule has 0 radical (unpaired) electrons. The van der Waals surface area contributed by atoms with E-state index in [0.29, 0.717) is 11.5 Å². The van der Waals surface area contributed by atoms with Gasteiger partial charge in [0.25, 0.3) is 5.91 Å². The van der Waals surface area contributed by atoms with Gasteiger partial charge in [0.1, 0.15) is 5.82 Å². The van der Waals surface area contributed by atoms with Crippen LogP contribution in [0.15, 0.2) is 36.4 Å². The van der Waals surface area contributed by atoms with Gasteiger partial charge in [-0.2, -0.15) is 5.10 Å². The average molecular weight is 340 g/mol. The van der Waals surface area contributed by atoms with E-state index in [-0.39, 0.29) is 17.9 Å². The van der Waals surface area contributed by atoms with Crippen molar-refractivity contribution in [3.8, 4) is 5.69 Å². The average Bonchev–Trinajstić information content (AvgIpc) is 2.84. The monoisotopic (exact) mass is 340 g/mol. The van der Waals surface area contributed by atoms with Crippen molar-refractivity contribution in [2.45, 2.75) is 51.5 Å². The van der Waals surface area contributed by atoms with Crippen molar-refractivity contribution in [3.05, 3.63) is 42.1 Å². The molecule has 1 aromatic heterocycles. The van der Waals surface area contributed by atoms with Crippen molar-refractivity contribution in [2.75, 3.05) is 5.32 Å². The SMILES string of the molecule is CC(=O)Nc1cc(C(=O)NC2CCCCCC2)nn1-c1ccccc1. The summed E-state index contributed by atoms with van der Waals surface area (Å²) >= 11 is 0.